The Bertz CT molecular complexity index is 1010. The molecule has 1 aromatic carbocycles. The van der Waals surface area contributed by atoms with Crippen LogP contribution in [-0.4, -0.2) is 55.9 Å². The van der Waals surface area contributed by atoms with E-state index in [0.29, 0.717) is 24.1 Å². The molecule has 3 rings (SSSR count). The third-order valence-electron chi connectivity index (χ3n) is 5.27. The molecule has 1 saturated heterocycles. The maximum absolute atomic E-state index is 12.4. The number of esters is 1. The number of hydrogen-bond acceptors (Lipinski definition) is 6. The minimum absolute atomic E-state index is 0.00666. The Morgan fingerprint density at radius 2 is 1.96 bits per heavy atom. The SMILES string of the molecule is CCN(C(=O)COC(=O)Cc1coc2cc(C)c(C)cc12)C1CCS(=O)(=O)C1. The first kappa shape index (κ1) is 20.4. The first-order chi connectivity index (χ1) is 13.2. The lowest BCUT2D eigenvalue weighted by molar-refractivity contribution is -0.152. The largest absolute Gasteiger partial charge is 0.464 e. The minimum atomic E-state index is -3.09. The molecular weight excluding hydrogens is 382 g/mol. The normalized spacial score (nSPS) is 18.3. The van der Waals surface area contributed by atoms with Gasteiger partial charge >= 0.3 is 5.97 Å². The van der Waals surface area contributed by atoms with Crippen LogP contribution in [-0.2, 0) is 30.6 Å². The van der Waals surface area contributed by atoms with Gasteiger partial charge in [0.2, 0.25) is 0 Å². The van der Waals surface area contributed by atoms with Crippen molar-refractivity contribution < 1.29 is 27.2 Å². The van der Waals surface area contributed by atoms with Crippen LogP contribution in [0.3, 0.4) is 0 Å². The van der Waals surface area contributed by atoms with E-state index in [-0.39, 0.29) is 29.9 Å². The average molecular weight is 407 g/mol. The number of carbonyl (C=O) groups excluding carboxylic acids is 2. The van der Waals surface area contributed by atoms with Gasteiger partial charge in [-0.2, -0.15) is 0 Å². The van der Waals surface area contributed by atoms with Crippen molar-refractivity contribution in [2.24, 2.45) is 0 Å². The number of carbonyl (C=O) groups is 2. The highest BCUT2D eigenvalue weighted by Crippen LogP contribution is 2.25. The number of amides is 1. The fourth-order valence-corrected chi connectivity index (χ4v) is 5.29. The third-order valence-corrected chi connectivity index (χ3v) is 7.02. The van der Waals surface area contributed by atoms with Gasteiger partial charge in [0.1, 0.15) is 5.58 Å². The minimum Gasteiger partial charge on any atom is -0.464 e. The van der Waals surface area contributed by atoms with E-state index in [1.54, 1.807) is 6.92 Å². The highest BCUT2D eigenvalue weighted by Gasteiger charge is 2.34. The smallest absolute Gasteiger partial charge is 0.310 e. The van der Waals surface area contributed by atoms with Crippen LogP contribution in [0.15, 0.2) is 22.8 Å². The Morgan fingerprint density at radius 1 is 1.25 bits per heavy atom. The number of nitrogens with zero attached hydrogens (tertiary/aromatic N) is 1. The summed E-state index contributed by atoms with van der Waals surface area (Å²) in [6, 6.07) is 3.56. The van der Waals surface area contributed by atoms with Gasteiger partial charge in [-0.05, 0) is 50.5 Å². The summed E-state index contributed by atoms with van der Waals surface area (Å²) in [5.74, 6) is -0.834. The molecule has 1 amide bonds. The molecule has 1 atom stereocenters. The molecule has 0 radical (unpaired) electrons. The van der Waals surface area contributed by atoms with Crippen LogP contribution in [0.1, 0.15) is 30.0 Å². The molecule has 2 aromatic rings. The quantitative estimate of drug-likeness (QED) is 0.681. The second-order valence-electron chi connectivity index (χ2n) is 7.27. The van der Waals surface area contributed by atoms with E-state index in [1.165, 1.54) is 11.2 Å². The summed E-state index contributed by atoms with van der Waals surface area (Å²) < 4.78 is 34.0. The lowest BCUT2D eigenvalue weighted by Gasteiger charge is -2.26. The molecule has 1 fully saturated rings. The van der Waals surface area contributed by atoms with Crippen LogP contribution in [0.4, 0.5) is 0 Å². The monoisotopic (exact) mass is 407 g/mol. The molecule has 1 aliphatic heterocycles. The maximum atomic E-state index is 12.4. The van der Waals surface area contributed by atoms with Crippen LogP contribution < -0.4 is 0 Å². The number of furan rings is 1. The Labute approximate surface area is 164 Å². The van der Waals surface area contributed by atoms with E-state index in [4.69, 9.17) is 9.15 Å². The van der Waals surface area contributed by atoms with E-state index >= 15 is 0 Å². The van der Waals surface area contributed by atoms with Gasteiger partial charge in [-0.25, -0.2) is 8.42 Å². The molecular formula is C20H25NO6S. The summed E-state index contributed by atoms with van der Waals surface area (Å²) in [4.78, 5) is 26.1. The molecule has 1 unspecified atom stereocenters. The lowest BCUT2D eigenvalue weighted by Crippen LogP contribution is -2.43. The number of fused-ring (bicyclic) bond motifs is 1. The fraction of sp³-hybridized carbons (Fsp3) is 0.500. The molecule has 0 spiro atoms. The van der Waals surface area contributed by atoms with E-state index in [9.17, 15) is 18.0 Å². The van der Waals surface area contributed by atoms with E-state index in [0.717, 1.165) is 16.5 Å². The third kappa shape index (κ3) is 4.38. The van der Waals surface area contributed by atoms with Crippen LogP contribution in [0.2, 0.25) is 0 Å². The lowest BCUT2D eigenvalue weighted by atomic mass is 10.0. The number of likely N-dealkylation sites (N-methyl/N-ethyl adjacent to an activating group) is 1. The number of sulfone groups is 1. The number of hydrogen-bond donors (Lipinski definition) is 0. The maximum Gasteiger partial charge on any atom is 0.310 e. The van der Waals surface area contributed by atoms with Gasteiger partial charge in [0.25, 0.3) is 5.91 Å². The molecule has 0 aliphatic carbocycles. The Morgan fingerprint density at radius 3 is 2.61 bits per heavy atom. The molecule has 2 heterocycles. The van der Waals surface area contributed by atoms with E-state index in [1.807, 2.05) is 26.0 Å². The molecule has 28 heavy (non-hydrogen) atoms. The summed E-state index contributed by atoms with van der Waals surface area (Å²) in [6.45, 7) is 5.75. The predicted molar refractivity (Wildman–Crippen MR) is 105 cm³/mol. The fourth-order valence-electron chi connectivity index (χ4n) is 3.56. The van der Waals surface area contributed by atoms with Gasteiger partial charge < -0.3 is 14.1 Å². The van der Waals surface area contributed by atoms with E-state index in [2.05, 4.69) is 0 Å². The average Bonchev–Trinajstić information content (AvgIpc) is 3.17. The molecule has 7 nitrogen and oxygen atoms in total. The Kier molecular flexibility index (Phi) is 5.79. The summed E-state index contributed by atoms with van der Waals surface area (Å²) in [6.07, 6.45) is 1.97. The number of rotatable bonds is 6. The zero-order valence-corrected chi connectivity index (χ0v) is 17.2. The van der Waals surface area contributed by atoms with E-state index < -0.39 is 22.4 Å². The van der Waals surface area contributed by atoms with Gasteiger partial charge in [0.15, 0.2) is 16.4 Å². The Hall–Kier alpha value is -2.35. The summed E-state index contributed by atoms with van der Waals surface area (Å²) >= 11 is 0. The van der Waals surface area contributed by atoms with Crippen molar-refractivity contribution >= 4 is 32.7 Å². The summed E-state index contributed by atoms with van der Waals surface area (Å²) in [7, 11) is -3.09. The van der Waals surface area contributed by atoms with Crippen molar-refractivity contribution in [1.29, 1.82) is 0 Å². The molecule has 0 N–H and O–H groups in total. The predicted octanol–water partition coefficient (Wildman–Crippen LogP) is 2.17. The molecule has 1 aliphatic rings. The molecule has 0 saturated carbocycles. The standard InChI is InChI=1S/C20H25NO6S/c1-4-21(16-5-6-28(24,25)12-16)19(22)11-27-20(23)9-15-10-26-18-8-14(3)13(2)7-17(15)18/h7-8,10,16H,4-6,9,11-12H2,1-3H3. The van der Waals surface area contributed by atoms with Crippen LogP contribution in [0.25, 0.3) is 11.0 Å². The van der Waals surface area contributed by atoms with Crippen molar-refractivity contribution in [2.75, 3.05) is 24.7 Å². The van der Waals surface area contributed by atoms with Crippen molar-refractivity contribution in [3.05, 3.63) is 35.1 Å². The molecule has 0 bridgehead atoms. The molecule has 1 aromatic heterocycles. The van der Waals surface area contributed by atoms with Crippen LogP contribution >= 0.6 is 0 Å². The van der Waals surface area contributed by atoms with Crippen molar-refractivity contribution in [3.8, 4) is 0 Å². The molecule has 152 valence electrons. The van der Waals surface area contributed by atoms with Gasteiger partial charge in [-0.3, -0.25) is 9.59 Å². The zero-order chi connectivity index (χ0) is 20.5. The Balaban J connectivity index is 1.59. The number of benzene rings is 1. The first-order valence-corrected chi connectivity index (χ1v) is 11.1. The van der Waals surface area contributed by atoms with Crippen LogP contribution in [0, 0.1) is 13.8 Å². The summed E-state index contributed by atoms with van der Waals surface area (Å²) in [5.41, 5.74) is 3.63. The van der Waals surface area contributed by atoms with Crippen molar-refractivity contribution in [3.63, 3.8) is 0 Å². The van der Waals surface area contributed by atoms with Gasteiger partial charge in [-0.1, -0.05) is 0 Å². The second kappa shape index (κ2) is 7.95. The highest BCUT2D eigenvalue weighted by molar-refractivity contribution is 7.91. The molecule has 8 heteroatoms. The number of aryl methyl sites for hydroxylation is 2. The number of ether oxygens (including phenoxy) is 1. The van der Waals surface area contributed by atoms with Gasteiger partial charge in [-0.15, -0.1) is 0 Å². The topological polar surface area (TPSA) is 93.9 Å². The van der Waals surface area contributed by atoms with Crippen LogP contribution in [0.5, 0.6) is 0 Å². The zero-order valence-electron chi connectivity index (χ0n) is 16.4. The highest BCUT2D eigenvalue weighted by atomic mass is 32.2. The van der Waals surface area contributed by atoms with Gasteiger partial charge in [0.05, 0.1) is 24.2 Å². The summed E-state index contributed by atoms with van der Waals surface area (Å²) in [5, 5.41) is 0.859. The first-order valence-electron chi connectivity index (χ1n) is 9.33. The van der Waals surface area contributed by atoms with Gasteiger partial charge in [0, 0.05) is 23.5 Å². The van der Waals surface area contributed by atoms with Crippen molar-refractivity contribution in [1.82, 2.24) is 4.90 Å². The second-order valence-corrected chi connectivity index (χ2v) is 9.50. The van der Waals surface area contributed by atoms with Crippen molar-refractivity contribution in [2.45, 2.75) is 39.7 Å².